The average molecular weight is 299 g/mol. The van der Waals surface area contributed by atoms with Crippen LogP contribution in [0.2, 0.25) is 5.02 Å². The SMILES string of the molecule is NNC(c1cc2cccc(Cl)c2o1)C1Cc2ccccc21. The van der Waals surface area contributed by atoms with E-state index in [0.29, 0.717) is 10.9 Å². The molecule has 3 nitrogen and oxygen atoms in total. The van der Waals surface area contributed by atoms with Crippen molar-refractivity contribution in [2.45, 2.75) is 18.4 Å². The first-order chi connectivity index (χ1) is 10.3. The van der Waals surface area contributed by atoms with E-state index in [-0.39, 0.29) is 6.04 Å². The molecule has 2 atom stereocenters. The number of halogens is 1. The Kier molecular flexibility index (Phi) is 3.00. The molecule has 1 heterocycles. The lowest BCUT2D eigenvalue weighted by Gasteiger charge is -2.35. The van der Waals surface area contributed by atoms with Gasteiger partial charge in [-0.25, -0.2) is 5.43 Å². The lowest BCUT2D eigenvalue weighted by Crippen LogP contribution is -2.36. The van der Waals surface area contributed by atoms with Crippen LogP contribution in [0.5, 0.6) is 0 Å². The number of nitrogens with one attached hydrogen (secondary N) is 1. The Hall–Kier alpha value is -1.81. The number of nitrogens with two attached hydrogens (primary N) is 1. The van der Waals surface area contributed by atoms with Gasteiger partial charge in [0.25, 0.3) is 0 Å². The fraction of sp³-hybridized carbons (Fsp3) is 0.176. The molecule has 0 aliphatic heterocycles. The molecule has 1 aliphatic carbocycles. The molecule has 0 saturated carbocycles. The third-order valence-corrected chi connectivity index (χ3v) is 4.60. The van der Waals surface area contributed by atoms with Crippen molar-refractivity contribution in [3.8, 4) is 0 Å². The minimum Gasteiger partial charge on any atom is -0.458 e. The fourth-order valence-corrected chi connectivity index (χ4v) is 3.41. The van der Waals surface area contributed by atoms with Crippen LogP contribution in [-0.2, 0) is 6.42 Å². The standard InChI is InChI=1S/C17H15ClN2O/c18-14-7-3-5-11-9-15(21-17(11)14)16(20-19)13-8-10-4-1-2-6-12(10)13/h1-7,9,13,16,20H,8,19H2. The van der Waals surface area contributed by atoms with E-state index in [9.17, 15) is 0 Å². The molecule has 1 aliphatic rings. The van der Waals surface area contributed by atoms with Crippen molar-refractivity contribution in [3.63, 3.8) is 0 Å². The van der Waals surface area contributed by atoms with Gasteiger partial charge in [0.05, 0.1) is 11.1 Å². The summed E-state index contributed by atoms with van der Waals surface area (Å²) >= 11 is 6.18. The zero-order chi connectivity index (χ0) is 14.4. The van der Waals surface area contributed by atoms with Crippen molar-refractivity contribution in [1.29, 1.82) is 0 Å². The lowest BCUT2D eigenvalue weighted by molar-refractivity contribution is 0.358. The van der Waals surface area contributed by atoms with Gasteiger partial charge in [-0.3, -0.25) is 5.84 Å². The van der Waals surface area contributed by atoms with Gasteiger partial charge in [0.2, 0.25) is 0 Å². The van der Waals surface area contributed by atoms with Crippen LogP contribution in [0.1, 0.15) is 28.8 Å². The number of benzene rings is 2. The molecule has 0 bridgehead atoms. The van der Waals surface area contributed by atoms with Crippen molar-refractivity contribution >= 4 is 22.6 Å². The molecule has 3 N–H and O–H groups in total. The van der Waals surface area contributed by atoms with Gasteiger partial charge in [-0.1, -0.05) is 48.0 Å². The Morgan fingerprint density at radius 2 is 2.05 bits per heavy atom. The minimum atomic E-state index is -0.0385. The Bertz CT molecular complexity index is 811. The minimum absolute atomic E-state index is 0.0385. The summed E-state index contributed by atoms with van der Waals surface area (Å²) < 4.78 is 5.95. The first kappa shape index (κ1) is 12.9. The van der Waals surface area contributed by atoms with E-state index >= 15 is 0 Å². The van der Waals surface area contributed by atoms with Crippen molar-refractivity contribution in [3.05, 3.63) is 70.4 Å². The number of furan rings is 1. The molecule has 3 aromatic rings. The molecule has 0 spiro atoms. The number of hydrogen-bond acceptors (Lipinski definition) is 3. The van der Waals surface area contributed by atoms with Crippen molar-refractivity contribution in [2.75, 3.05) is 0 Å². The summed E-state index contributed by atoms with van der Waals surface area (Å²) in [7, 11) is 0. The zero-order valence-corrected chi connectivity index (χ0v) is 12.1. The molecule has 21 heavy (non-hydrogen) atoms. The maximum absolute atomic E-state index is 6.18. The van der Waals surface area contributed by atoms with E-state index in [0.717, 1.165) is 23.2 Å². The maximum Gasteiger partial charge on any atom is 0.152 e. The summed E-state index contributed by atoms with van der Waals surface area (Å²) in [5, 5.41) is 1.63. The van der Waals surface area contributed by atoms with E-state index in [4.69, 9.17) is 21.9 Å². The van der Waals surface area contributed by atoms with Crippen LogP contribution >= 0.6 is 11.6 Å². The second-order valence-electron chi connectivity index (χ2n) is 5.46. The summed E-state index contributed by atoms with van der Waals surface area (Å²) in [6, 6.07) is 16.2. The van der Waals surface area contributed by atoms with Gasteiger partial charge in [0.1, 0.15) is 5.76 Å². The second-order valence-corrected chi connectivity index (χ2v) is 5.87. The summed E-state index contributed by atoms with van der Waals surface area (Å²) in [6.07, 6.45) is 1.01. The molecule has 0 fully saturated rings. The molecule has 2 aromatic carbocycles. The summed E-state index contributed by atoms with van der Waals surface area (Å²) in [5.74, 6) is 6.96. The molecule has 4 heteroatoms. The molecule has 1 aromatic heterocycles. The summed E-state index contributed by atoms with van der Waals surface area (Å²) in [4.78, 5) is 0. The third-order valence-electron chi connectivity index (χ3n) is 4.30. The molecule has 0 saturated heterocycles. The number of para-hydroxylation sites is 1. The van der Waals surface area contributed by atoms with Crippen LogP contribution in [0.4, 0.5) is 0 Å². The van der Waals surface area contributed by atoms with Crippen LogP contribution in [0.15, 0.2) is 52.9 Å². The van der Waals surface area contributed by atoms with Gasteiger partial charge < -0.3 is 4.42 Å². The van der Waals surface area contributed by atoms with Gasteiger partial charge in [-0.2, -0.15) is 0 Å². The van der Waals surface area contributed by atoms with Gasteiger partial charge in [0.15, 0.2) is 5.58 Å². The zero-order valence-electron chi connectivity index (χ0n) is 11.3. The van der Waals surface area contributed by atoms with Crippen LogP contribution < -0.4 is 11.3 Å². The maximum atomic E-state index is 6.18. The third kappa shape index (κ3) is 1.97. The Morgan fingerprint density at radius 3 is 2.81 bits per heavy atom. The Labute approximate surface area is 127 Å². The summed E-state index contributed by atoms with van der Waals surface area (Å²) in [5.41, 5.74) is 6.35. The molecule has 0 amide bonds. The molecule has 0 radical (unpaired) electrons. The predicted octanol–water partition coefficient (Wildman–Crippen LogP) is 3.93. The van der Waals surface area contributed by atoms with Crippen LogP contribution in [0.25, 0.3) is 11.0 Å². The first-order valence-corrected chi connectivity index (χ1v) is 7.37. The monoisotopic (exact) mass is 298 g/mol. The van der Waals surface area contributed by atoms with E-state index in [1.807, 2.05) is 24.3 Å². The first-order valence-electron chi connectivity index (χ1n) is 7.00. The van der Waals surface area contributed by atoms with Gasteiger partial charge in [-0.15, -0.1) is 0 Å². The van der Waals surface area contributed by atoms with Gasteiger partial charge in [-0.05, 0) is 29.7 Å². The van der Waals surface area contributed by atoms with E-state index in [2.05, 4.69) is 29.7 Å². The number of hydrogen-bond donors (Lipinski definition) is 2. The smallest absolute Gasteiger partial charge is 0.152 e. The van der Waals surface area contributed by atoms with Gasteiger partial charge >= 0.3 is 0 Å². The molecule has 4 rings (SSSR count). The predicted molar refractivity (Wildman–Crippen MR) is 84.2 cm³/mol. The van der Waals surface area contributed by atoms with Crippen LogP contribution in [0.3, 0.4) is 0 Å². The normalized spacial score (nSPS) is 18.3. The number of rotatable bonds is 3. The van der Waals surface area contributed by atoms with Crippen molar-refractivity contribution < 1.29 is 4.42 Å². The topological polar surface area (TPSA) is 51.2 Å². The molecule has 2 unspecified atom stereocenters. The Morgan fingerprint density at radius 1 is 1.19 bits per heavy atom. The lowest BCUT2D eigenvalue weighted by atomic mass is 9.73. The van der Waals surface area contributed by atoms with Gasteiger partial charge in [0, 0.05) is 11.3 Å². The Balaban J connectivity index is 1.75. The second kappa shape index (κ2) is 4.88. The van der Waals surface area contributed by atoms with E-state index in [1.165, 1.54) is 11.1 Å². The molecule has 106 valence electrons. The molecular weight excluding hydrogens is 284 g/mol. The average Bonchev–Trinajstić information content (AvgIpc) is 2.90. The largest absolute Gasteiger partial charge is 0.458 e. The van der Waals surface area contributed by atoms with E-state index < -0.39 is 0 Å². The number of fused-ring (bicyclic) bond motifs is 2. The van der Waals surface area contributed by atoms with Crippen molar-refractivity contribution in [1.82, 2.24) is 5.43 Å². The highest BCUT2D eigenvalue weighted by molar-refractivity contribution is 6.34. The highest BCUT2D eigenvalue weighted by Crippen LogP contribution is 2.44. The highest BCUT2D eigenvalue weighted by atomic mass is 35.5. The van der Waals surface area contributed by atoms with Crippen LogP contribution in [-0.4, -0.2) is 0 Å². The van der Waals surface area contributed by atoms with Crippen LogP contribution in [0, 0.1) is 0 Å². The number of hydrazine groups is 1. The summed E-state index contributed by atoms with van der Waals surface area (Å²) in [6.45, 7) is 0. The highest BCUT2D eigenvalue weighted by Gasteiger charge is 2.35. The molecular formula is C17H15ClN2O. The van der Waals surface area contributed by atoms with Crippen molar-refractivity contribution in [2.24, 2.45) is 5.84 Å². The quantitative estimate of drug-likeness (QED) is 0.569. The van der Waals surface area contributed by atoms with E-state index in [1.54, 1.807) is 0 Å². The fourth-order valence-electron chi connectivity index (χ4n) is 3.19.